The van der Waals surface area contributed by atoms with Gasteiger partial charge in [0.1, 0.15) is 17.5 Å². The van der Waals surface area contributed by atoms with Gasteiger partial charge in [0.05, 0.1) is 5.52 Å². The van der Waals surface area contributed by atoms with Crippen molar-refractivity contribution in [3.8, 4) is 0 Å². The van der Waals surface area contributed by atoms with Crippen LogP contribution in [0, 0.1) is 0 Å². The highest BCUT2D eigenvalue weighted by Crippen LogP contribution is 2.30. The molecule has 0 unspecified atom stereocenters. The molecular formula is C16H17ClN2O. The molecule has 1 aromatic carbocycles. The molecule has 0 radical (unpaired) electrons. The number of hydrogen-bond donors (Lipinski definition) is 1. The lowest BCUT2D eigenvalue weighted by Gasteiger charge is -2.14. The number of benzene rings is 1. The fourth-order valence-corrected chi connectivity index (χ4v) is 3.06. The molecule has 3 rings (SSSR count). The van der Waals surface area contributed by atoms with Crippen molar-refractivity contribution in [2.75, 3.05) is 6.00 Å². The Bertz CT molecular complexity index is 713. The summed E-state index contributed by atoms with van der Waals surface area (Å²) in [5.41, 5.74) is 4.16. The summed E-state index contributed by atoms with van der Waals surface area (Å²) < 4.78 is 2.26. The summed E-state index contributed by atoms with van der Waals surface area (Å²) in [5, 5.41) is 11.2. The van der Waals surface area contributed by atoms with Gasteiger partial charge in [-0.25, -0.2) is 0 Å². The number of hydrogen-bond acceptors (Lipinski definition) is 2. The lowest BCUT2D eigenvalue weighted by atomic mass is 10.0. The number of alkyl halides is 1. The van der Waals surface area contributed by atoms with Crippen LogP contribution in [0.3, 0.4) is 0 Å². The molecule has 0 spiro atoms. The van der Waals surface area contributed by atoms with Gasteiger partial charge in [-0.1, -0.05) is 18.2 Å². The SMILES string of the molecule is C/C=C(/O)C(=NCCl)c1cn2c3c(cccc13)CCC2. The zero-order valence-corrected chi connectivity index (χ0v) is 12.2. The quantitative estimate of drug-likeness (QED) is 0.394. The van der Waals surface area contributed by atoms with Gasteiger partial charge in [-0.2, -0.15) is 0 Å². The summed E-state index contributed by atoms with van der Waals surface area (Å²) in [6.07, 6.45) is 5.99. The maximum atomic E-state index is 10.1. The van der Waals surface area contributed by atoms with Crippen LogP contribution in [0.2, 0.25) is 0 Å². The first-order valence-electron chi connectivity index (χ1n) is 6.83. The molecule has 0 fully saturated rings. The standard InChI is InChI=1S/C16H17ClN2O/c1-2-14(20)15(18-10-17)13-9-19-8-4-6-11-5-3-7-12(13)16(11)19/h2-3,5,7,9,20H,4,6,8,10H2,1H3/b14-2+,18-15?. The number of aryl methyl sites for hydroxylation is 2. The summed E-state index contributed by atoms with van der Waals surface area (Å²) in [4.78, 5) is 4.26. The Morgan fingerprint density at radius 2 is 2.35 bits per heavy atom. The fraction of sp³-hybridized carbons (Fsp3) is 0.312. The molecule has 1 N–H and O–H groups in total. The Balaban J connectivity index is 2.27. The first-order valence-corrected chi connectivity index (χ1v) is 7.37. The monoisotopic (exact) mass is 288 g/mol. The second kappa shape index (κ2) is 5.33. The van der Waals surface area contributed by atoms with E-state index < -0.39 is 0 Å². The number of aliphatic hydroxyl groups excluding tert-OH is 1. The molecule has 0 bridgehead atoms. The number of aliphatic imine (C=N–C) groups is 1. The minimum atomic E-state index is 0.138. The first kappa shape index (κ1) is 13.3. The van der Waals surface area contributed by atoms with Gasteiger partial charge >= 0.3 is 0 Å². The third-order valence-electron chi connectivity index (χ3n) is 3.82. The highest BCUT2D eigenvalue weighted by Gasteiger charge is 2.19. The predicted octanol–water partition coefficient (Wildman–Crippen LogP) is 4.03. The lowest BCUT2D eigenvalue weighted by Crippen LogP contribution is -2.06. The van der Waals surface area contributed by atoms with Crippen molar-refractivity contribution in [3.63, 3.8) is 0 Å². The summed E-state index contributed by atoms with van der Waals surface area (Å²) in [6, 6.07) is 6.47. The van der Waals surface area contributed by atoms with Crippen LogP contribution in [0.25, 0.3) is 10.9 Å². The van der Waals surface area contributed by atoms with E-state index in [9.17, 15) is 5.11 Å². The van der Waals surface area contributed by atoms with E-state index in [2.05, 4.69) is 34.0 Å². The third-order valence-corrected chi connectivity index (χ3v) is 3.94. The number of aliphatic hydroxyl groups is 1. The average Bonchev–Trinajstić information content (AvgIpc) is 2.85. The van der Waals surface area contributed by atoms with E-state index in [1.807, 2.05) is 0 Å². The maximum absolute atomic E-state index is 10.1. The molecule has 1 aromatic heterocycles. The largest absolute Gasteiger partial charge is 0.506 e. The van der Waals surface area contributed by atoms with Crippen LogP contribution in [0.1, 0.15) is 24.5 Å². The third kappa shape index (κ3) is 2.02. The van der Waals surface area contributed by atoms with Gasteiger partial charge < -0.3 is 9.67 Å². The van der Waals surface area contributed by atoms with Crippen molar-refractivity contribution < 1.29 is 5.11 Å². The van der Waals surface area contributed by atoms with Crippen molar-refractivity contribution in [2.24, 2.45) is 4.99 Å². The fourth-order valence-electron chi connectivity index (χ4n) is 2.95. The molecule has 1 aliphatic rings. The van der Waals surface area contributed by atoms with Crippen LogP contribution >= 0.6 is 11.6 Å². The van der Waals surface area contributed by atoms with Gasteiger partial charge in [-0.3, -0.25) is 4.99 Å². The van der Waals surface area contributed by atoms with Crippen LogP contribution in [0.4, 0.5) is 0 Å². The zero-order valence-electron chi connectivity index (χ0n) is 11.4. The average molecular weight is 289 g/mol. The highest BCUT2D eigenvalue weighted by atomic mass is 35.5. The number of halogens is 1. The molecule has 104 valence electrons. The van der Waals surface area contributed by atoms with Gasteiger partial charge in [0.25, 0.3) is 0 Å². The number of allylic oxidation sites excluding steroid dienone is 2. The number of rotatable bonds is 3. The predicted molar refractivity (Wildman–Crippen MR) is 83.9 cm³/mol. The van der Waals surface area contributed by atoms with E-state index >= 15 is 0 Å². The second-order valence-corrected chi connectivity index (χ2v) is 5.19. The Morgan fingerprint density at radius 1 is 1.50 bits per heavy atom. The Morgan fingerprint density at radius 3 is 3.10 bits per heavy atom. The molecule has 0 amide bonds. The van der Waals surface area contributed by atoms with Crippen LogP contribution in [-0.2, 0) is 13.0 Å². The molecule has 0 aliphatic carbocycles. The van der Waals surface area contributed by atoms with E-state index in [-0.39, 0.29) is 11.8 Å². The maximum Gasteiger partial charge on any atom is 0.137 e. The second-order valence-electron chi connectivity index (χ2n) is 4.95. The van der Waals surface area contributed by atoms with Crippen molar-refractivity contribution in [3.05, 3.63) is 47.4 Å². The molecule has 0 saturated heterocycles. The van der Waals surface area contributed by atoms with Crippen LogP contribution in [-0.4, -0.2) is 21.4 Å². The lowest BCUT2D eigenvalue weighted by molar-refractivity contribution is 0.442. The first-order chi connectivity index (χ1) is 9.76. The normalized spacial score (nSPS) is 15.9. The van der Waals surface area contributed by atoms with Crippen molar-refractivity contribution >= 4 is 28.2 Å². The van der Waals surface area contributed by atoms with Gasteiger partial charge in [0.2, 0.25) is 0 Å². The molecule has 4 heteroatoms. The Kier molecular flexibility index (Phi) is 3.53. The summed E-state index contributed by atoms with van der Waals surface area (Å²) >= 11 is 5.75. The van der Waals surface area contributed by atoms with Gasteiger partial charge in [-0.05, 0) is 31.4 Å². The minimum Gasteiger partial charge on any atom is -0.506 e. The molecule has 0 atom stereocenters. The van der Waals surface area contributed by atoms with Crippen molar-refractivity contribution in [2.45, 2.75) is 26.3 Å². The van der Waals surface area contributed by atoms with Crippen LogP contribution < -0.4 is 0 Å². The number of aromatic nitrogens is 1. The molecule has 2 aromatic rings. The van der Waals surface area contributed by atoms with Crippen molar-refractivity contribution in [1.82, 2.24) is 4.57 Å². The number of nitrogens with zero attached hydrogens (tertiary/aromatic N) is 2. The molecule has 3 nitrogen and oxygen atoms in total. The van der Waals surface area contributed by atoms with E-state index in [1.165, 1.54) is 11.1 Å². The summed E-state index contributed by atoms with van der Waals surface area (Å²) in [7, 11) is 0. The van der Waals surface area contributed by atoms with Crippen LogP contribution in [0.15, 0.2) is 41.2 Å². The van der Waals surface area contributed by atoms with Crippen molar-refractivity contribution in [1.29, 1.82) is 0 Å². The van der Waals surface area contributed by atoms with Gasteiger partial charge in [0.15, 0.2) is 0 Å². The summed E-state index contributed by atoms with van der Waals surface area (Å²) in [5.74, 6) is 0.175. The highest BCUT2D eigenvalue weighted by molar-refractivity contribution is 6.22. The summed E-state index contributed by atoms with van der Waals surface area (Å²) in [6.45, 7) is 2.81. The van der Waals surface area contributed by atoms with E-state index in [0.29, 0.717) is 5.71 Å². The number of para-hydroxylation sites is 1. The van der Waals surface area contributed by atoms with E-state index in [0.717, 1.165) is 30.3 Å². The minimum absolute atomic E-state index is 0.138. The molecule has 0 saturated carbocycles. The van der Waals surface area contributed by atoms with E-state index in [4.69, 9.17) is 11.6 Å². The topological polar surface area (TPSA) is 37.5 Å². The van der Waals surface area contributed by atoms with Gasteiger partial charge in [-0.15, -0.1) is 11.6 Å². The molecular weight excluding hydrogens is 272 g/mol. The molecule has 1 aliphatic heterocycles. The zero-order chi connectivity index (χ0) is 14.1. The smallest absolute Gasteiger partial charge is 0.137 e. The van der Waals surface area contributed by atoms with Crippen LogP contribution in [0.5, 0.6) is 0 Å². The van der Waals surface area contributed by atoms with E-state index in [1.54, 1.807) is 13.0 Å². The molecule has 2 heterocycles. The molecule has 20 heavy (non-hydrogen) atoms. The Labute approximate surface area is 123 Å². The Hall–Kier alpha value is -1.74. The van der Waals surface area contributed by atoms with Gasteiger partial charge in [0, 0.05) is 23.7 Å².